The summed E-state index contributed by atoms with van der Waals surface area (Å²) in [5, 5.41) is 10.3. The van der Waals surface area contributed by atoms with Crippen molar-refractivity contribution in [1.82, 2.24) is 4.98 Å². The molecule has 1 aromatic carbocycles. The minimum absolute atomic E-state index is 0.147. The van der Waals surface area contributed by atoms with Crippen molar-refractivity contribution in [3.63, 3.8) is 0 Å². The lowest BCUT2D eigenvalue weighted by Gasteiger charge is -2.13. The number of rotatable bonds is 4. The number of ether oxygens (including phenoxy) is 1. The highest BCUT2D eigenvalue weighted by Gasteiger charge is 2.12. The predicted molar refractivity (Wildman–Crippen MR) is 75.2 cm³/mol. The van der Waals surface area contributed by atoms with Gasteiger partial charge in [-0.15, -0.1) is 0 Å². The number of benzene rings is 1. The quantitative estimate of drug-likeness (QED) is 0.914. The van der Waals surface area contributed by atoms with Gasteiger partial charge in [0, 0.05) is 6.20 Å². The highest BCUT2D eigenvalue weighted by molar-refractivity contribution is 5.32. The number of aryl methyl sites for hydroxylation is 1. The Bertz CT molecular complexity index is 535. The molecule has 1 unspecified atom stereocenters. The van der Waals surface area contributed by atoms with Crippen LogP contribution in [-0.2, 0) is 0 Å². The number of aliphatic hydroxyl groups excluding tert-OH is 1. The Kier molecular flexibility index (Phi) is 4.17. The van der Waals surface area contributed by atoms with Crippen molar-refractivity contribution in [2.45, 2.75) is 33.0 Å². The maximum Gasteiger partial charge on any atom is 0.121 e. The Hall–Kier alpha value is -1.87. The number of hydrogen-bond donors (Lipinski definition) is 1. The molecule has 1 N–H and O–H groups in total. The largest absolute Gasteiger partial charge is 0.491 e. The van der Waals surface area contributed by atoms with Crippen molar-refractivity contribution < 1.29 is 9.84 Å². The first-order valence-electron chi connectivity index (χ1n) is 6.43. The number of nitrogens with zero attached hydrogens (tertiary/aromatic N) is 1. The van der Waals surface area contributed by atoms with Crippen LogP contribution in [0.4, 0.5) is 0 Å². The number of aromatic nitrogens is 1. The Labute approximate surface area is 113 Å². The molecule has 1 aromatic heterocycles. The van der Waals surface area contributed by atoms with E-state index in [1.54, 1.807) is 6.20 Å². The van der Waals surface area contributed by atoms with Crippen LogP contribution in [0.15, 0.2) is 42.6 Å². The zero-order valence-corrected chi connectivity index (χ0v) is 11.5. The number of aliphatic hydroxyl groups is 1. The molecule has 0 aliphatic carbocycles. The van der Waals surface area contributed by atoms with Crippen molar-refractivity contribution in [1.29, 1.82) is 0 Å². The maximum atomic E-state index is 10.3. The fourth-order valence-electron chi connectivity index (χ4n) is 1.88. The van der Waals surface area contributed by atoms with Crippen LogP contribution in [0.2, 0.25) is 0 Å². The summed E-state index contributed by atoms with van der Waals surface area (Å²) in [6.45, 7) is 5.95. The van der Waals surface area contributed by atoms with Gasteiger partial charge in [-0.05, 0) is 56.2 Å². The number of hydrogen-bond acceptors (Lipinski definition) is 3. The second kappa shape index (κ2) is 5.85. The van der Waals surface area contributed by atoms with Gasteiger partial charge in [0.15, 0.2) is 0 Å². The monoisotopic (exact) mass is 257 g/mol. The predicted octanol–water partition coefficient (Wildman–Crippen LogP) is 3.26. The molecule has 1 heterocycles. The van der Waals surface area contributed by atoms with E-state index in [1.165, 1.54) is 0 Å². The Balaban J connectivity index is 2.17. The molecule has 0 spiro atoms. The minimum Gasteiger partial charge on any atom is -0.491 e. The van der Waals surface area contributed by atoms with Crippen LogP contribution in [-0.4, -0.2) is 16.2 Å². The minimum atomic E-state index is -0.701. The molecule has 2 rings (SSSR count). The van der Waals surface area contributed by atoms with Gasteiger partial charge in [0.2, 0.25) is 0 Å². The SMILES string of the molecule is Cc1ccnc(C(O)c2ccc(OC(C)C)cc2)c1. The zero-order valence-electron chi connectivity index (χ0n) is 11.5. The molecule has 0 saturated heterocycles. The topological polar surface area (TPSA) is 42.4 Å². The second-order valence-corrected chi connectivity index (χ2v) is 4.90. The van der Waals surface area contributed by atoms with Crippen LogP contribution in [0.1, 0.15) is 36.8 Å². The Morgan fingerprint density at radius 1 is 1.11 bits per heavy atom. The van der Waals surface area contributed by atoms with E-state index in [1.807, 2.05) is 57.2 Å². The first-order valence-corrected chi connectivity index (χ1v) is 6.43. The third-order valence-corrected chi connectivity index (χ3v) is 2.78. The molecule has 0 amide bonds. The molecule has 0 saturated carbocycles. The van der Waals surface area contributed by atoms with E-state index in [0.717, 1.165) is 16.9 Å². The number of pyridine rings is 1. The third kappa shape index (κ3) is 3.55. The molecule has 0 aliphatic rings. The summed E-state index contributed by atoms with van der Waals surface area (Å²) in [6.07, 6.45) is 1.16. The van der Waals surface area contributed by atoms with Crippen molar-refractivity contribution in [3.8, 4) is 5.75 Å². The molecule has 19 heavy (non-hydrogen) atoms. The van der Waals surface area contributed by atoms with Gasteiger partial charge in [0.25, 0.3) is 0 Å². The summed E-state index contributed by atoms with van der Waals surface area (Å²) in [5.41, 5.74) is 2.57. The molecule has 0 radical (unpaired) electrons. The van der Waals surface area contributed by atoms with Crippen molar-refractivity contribution >= 4 is 0 Å². The van der Waals surface area contributed by atoms with Gasteiger partial charge in [0.05, 0.1) is 11.8 Å². The fourth-order valence-corrected chi connectivity index (χ4v) is 1.88. The first-order chi connectivity index (χ1) is 9.06. The summed E-state index contributed by atoms with van der Waals surface area (Å²) in [7, 11) is 0. The van der Waals surface area contributed by atoms with E-state index >= 15 is 0 Å². The van der Waals surface area contributed by atoms with E-state index in [0.29, 0.717) is 5.69 Å². The van der Waals surface area contributed by atoms with E-state index in [2.05, 4.69) is 4.98 Å². The van der Waals surface area contributed by atoms with Crippen LogP contribution in [0.25, 0.3) is 0 Å². The molecule has 0 fully saturated rings. The molecular formula is C16H19NO2. The molecule has 2 aromatic rings. The molecule has 100 valence electrons. The van der Waals surface area contributed by atoms with Gasteiger partial charge in [-0.25, -0.2) is 0 Å². The third-order valence-electron chi connectivity index (χ3n) is 2.78. The second-order valence-electron chi connectivity index (χ2n) is 4.90. The van der Waals surface area contributed by atoms with Gasteiger partial charge in [-0.2, -0.15) is 0 Å². The normalized spacial score (nSPS) is 12.5. The highest BCUT2D eigenvalue weighted by atomic mass is 16.5. The van der Waals surface area contributed by atoms with E-state index < -0.39 is 6.10 Å². The van der Waals surface area contributed by atoms with E-state index in [9.17, 15) is 5.11 Å². The van der Waals surface area contributed by atoms with Crippen LogP contribution in [0.5, 0.6) is 5.75 Å². The molecule has 1 atom stereocenters. The average Bonchev–Trinajstić information content (AvgIpc) is 2.38. The summed E-state index contributed by atoms with van der Waals surface area (Å²) < 4.78 is 5.58. The summed E-state index contributed by atoms with van der Waals surface area (Å²) in [4.78, 5) is 4.21. The molecule has 0 aliphatic heterocycles. The van der Waals surface area contributed by atoms with E-state index in [4.69, 9.17) is 4.74 Å². The van der Waals surface area contributed by atoms with Crippen LogP contribution in [0.3, 0.4) is 0 Å². The average molecular weight is 257 g/mol. The molecular weight excluding hydrogens is 238 g/mol. The van der Waals surface area contributed by atoms with E-state index in [-0.39, 0.29) is 6.10 Å². The lowest BCUT2D eigenvalue weighted by atomic mass is 10.0. The van der Waals surface area contributed by atoms with Gasteiger partial charge in [0.1, 0.15) is 11.9 Å². The molecule has 0 bridgehead atoms. The molecule has 3 nitrogen and oxygen atoms in total. The van der Waals surface area contributed by atoms with Crippen LogP contribution < -0.4 is 4.74 Å². The van der Waals surface area contributed by atoms with Crippen molar-refractivity contribution in [3.05, 3.63) is 59.4 Å². The van der Waals surface area contributed by atoms with Crippen molar-refractivity contribution in [2.24, 2.45) is 0 Å². The first kappa shape index (κ1) is 13.6. The lowest BCUT2D eigenvalue weighted by Crippen LogP contribution is -2.06. The van der Waals surface area contributed by atoms with Crippen LogP contribution >= 0.6 is 0 Å². The Morgan fingerprint density at radius 2 is 1.79 bits per heavy atom. The van der Waals surface area contributed by atoms with Crippen molar-refractivity contribution in [2.75, 3.05) is 0 Å². The lowest BCUT2D eigenvalue weighted by molar-refractivity contribution is 0.214. The smallest absolute Gasteiger partial charge is 0.121 e. The van der Waals surface area contributed by atoms with Crippen LogP contribution in [0, 0.1) is 6.92 Å². The van der Waals surface area contributed by atoms with Gasteiger partial charge < -0.3 is 9.84 Å². The standard InChI is InChI=1S/C16H19NO2/c1-11(2)19-14-6-4-13(5-7-14)16(18)15-10-12(3)8-9-17-15/h4-11,16,18H,1-3H3. The summed E-state index contributed by atoms with van der Waals surface area (Å²) in [5.74, 6) is 0.808. The molecule has 3 heteroatoms. The zero-order chi connectivity index (χ0) is 13.8. The van der Waals surface area contributed by atoms with Gasteiger partial charge >= 0.3 is 0 Å². The van der Waals surface area contributed by atoms with Gasteiger partial charge in [-0.3, -0.25) is 4.98 Å². The fraction of sp³-hybridized carbons (Fsp3) is 0.312. The summed E-state index contributed by atoms with van der Waals surface area (Å²) >= 11 is 0. The Morgan fingerprint density at radius 3 is 2.37 bits per heavy atom. The van der Waals surface area contributed by atoms with Gasteiger partial charge in [-0.1, -0.05) is 12.1 Å². The maximum absolute atomic E-state index is 10.3. The summed E-state index contributed by atoms with van der Waals surface area (Å²) in [6, 6.07) is 11.3. The highest BCUT2D eigenvalue weighted by Crippen LogP contribution is 2.23.